The van der Waals surface area contributed by atoms with Gasteiger partial charge in [-0.25, -0.2) is 12.7 Å². The van der Waals surface area contributed by atoms with Gasteiger partial charge in [-0.05, 0) is 19.4 Å². The molecule has 0 aliphatic carbocycles. The van der Waals surface area contributed by atoms with Gasteiger partial charge < -0.3 is 10.6 Å². The van der Waals surface area contributed by atoms with E-state index >= 15 is 0 Å². The Hall–Kier alpha value is -0.660. The molecule has 2 N–H and O–H groups in total. The van der Waals surface area contributed by atoms with Gasteiger partial charge in [0.05, 0.1) is 11.8 Å². The molecule has 7 heteroatoms. The fourth-order valence-corrected chi connectivity index (χ4v) is 2.24. The van der Waals surface area contributed by atoms with Crippen molar-refractivity contribution >= 4 is 15.9 Å². The lowest BCUT2D eigenvalue weighted by atomic mass is 10.2. The van der Waals surface area contributed by atoms with Gasteiger partial charge in [0.25, 0.3) is 0 Å². The molecule has 0 aromatic rings. The van der Waals surface area contributed by atoms with E-state index in [0.29, 0.717) is 0 Å². The van der Waals surface area contributed by atoms with Crippen LogP contribution in [0.1, 0.15) is 12.8 Å². The number of nitrogens with one attached hydrogen (secondary N) is 2. The molecule has 0 unspecified atom stereocenters. The third-order valence-corrected chi connectivity index (χ3v) is 4.43. The smallest absolute Gasteiger partial charge is 0.237 e. The van der Waals surface area contributed by atoms with Crippen LogP contribution in [-0.2, 0) is 14.8 Å². The van der Waals surface area contributed by atoms with Crippen molar-refractivity contribution in [2.45, 2.75) is 18.9 Å². The van der Waals surface area contributed by atoms with Crippen molar-refractivity contribution in [3.63, 3.8) is 0 Å². The van der Waals surface area contributed by atoms with Crippen molar-refractivity contribution in [2.75, 3.05) is 32.9 Å². The number of sulfonamides is 1. The molecule has 1 fully saturated rings. The van der Waals surface area contributed by atoms with Gasteiger partial charge in [0, 0.05) is 20.6 Å². The first-order chi connectivity index (χ1) is 7.43. The van der Waals surface area contributed by atoms with Crippen LogP contribution in [0.4, 0.5) is 0 Å². The Morgan fingerprint density at radius 2 is 2.19 bits per heavy atom. The predicted molar refractivity (Wildman–Crippen MR) is 61.5 cm³/mol. The normalized spacial score (nSPS) is 21.3. The van der Waals surface area contributed by atoms with Gasteiger partial charge >= 0.3 is 0 Å². The van der Waals surface area contributed by atoms with E-state index in [9.17, 15) is 13.2 Å². The van der Waals surface area contributed by atoms with Gasteiger partial charge in [-0.15, -0.1) is 0 Å². The zero-order valence-corrected chi connectivity index (χ0v) is 10.5. The Labute approximate surface area is 96.4 Å². The second-order valence-electron chi connectivity index (χ2n) is 4.04. The van der Waals surface area contributed by atoms with Gasteiger partial charge in [0.1, 0.15) is 0 Å². The maximum atomic E-state index is 11.5. The summed E-state index contributed by atoms with van der Waals surface area (Å²) in [5.74, 6) is -0.162. The second-order valence-corrected chi connectivity index (χ2v) is 6.34. The first-order valence-electron chi connectivity index (χ1n) is 5.35. The van der Waals surface area contributed by atoms with Crippen LogP contribution in [-0.4, -0.2) is 57.6 Å². The lowest BCUT2D eigenvalue weighted by Gasteiger charge is -2.13. The van der Waals surface area contributed by atoms with E-state index in [1.165, 1.54) is 14.1 Å². The summed E-state index contributed by atoms with van der Waals surface area (Å²) in [6.45, 7) is 1.02. The first kappa shape index (κ1) is 13.4. The zero-order chi connectivity index (χ0) is 12.2. The van der Waals surface area contributed by atoms with E-state index in [1.54, 1.807) is 0 Å². The van der Waals surface area contributed by atoms with Crippen LogP contribution in [0.5, 0.6) is 0 Å². The van der Waals surface area contributed by atoms with Gasteiger partial charge in [0.2, 0.25) is 15.9 Å². The number of hydrogen-bond acceptors (Lipinski definition) is 4. The second kappa shape index (κ2) is 5.60. The SMILES string of the molecule is CN(C)S(=O)(=O)CCNC(=O)[C@H]1CCCN1. The highest BCUT2D eigenvalue weighted by molar-refractivity contribution is 7.89. The van der Waals surface area contributed by atoms with E-state index < -0.39 is 10.0 Å². The predicted octanol–water partition coefficient (Wildman–Crippen LogP) is -1.25. The first-order valence-corrected chi connectivity index (χ1v) is 6.96. The van der Waals surface area contributed by atoms with E-state index in [4.69, 9.17) is 0 Å². The molecule has 94 valence electrons. The van der Waals surface area contributed by atoms with E-state index in [1.807, 2.05) is 0 Å². The van der Waals surface area contributed by atoms with Crippen molar-refractivity contribution < 1.29 is 13.2 Å². The zero-order valence-electron chi connectivity index (χ0n) is 9.69. The van der Waals surface area contributed by atoms with Crippen LogP contribution in [0.3, 0.4) is 0 Å². The lowest BCUT2D eigenvalue weighted by molar-refractivity contribution is -0.122. The molecule has 1 amide bonds. The number of carbonyl (C=O) groups excluding carboxylic acids is 1. The lowest BCUT2D eigenvalue weighted by Crippen LogP contribution is -2.42. The molecule has 1 heterocycles. The molecular weight excluding hydrogens is 230 g/mol. The maximum absolute atomic E-state index is 11.5. The number of rotatable bonds is 5. The highest BCUT2D eigenvalue weighted by atomic mass is 32.2. The minimum Gasteiger partial charge on any atom is -0.354 e. The fraction of sp³-hybridized carbons (Fsp3) is 0.889. The molecule has 1 aliphatic heterocycles. The summed E-state index contributed by atoms with van der Waals surface area (Å²) >= 11 is 0. The van der Waals surface area contributed by atoms with Gasteiger partial charge in [-0.1, -0.05) is 0 Å². The molecule has 1 saturated heterocycles. The molecule has 0 bridgehead atoms. The average molecular weight is 249 g/mol. The molecule has 16 heavy (non-hydrogen) atoms. The average Bonchev–Trinajstić information content (AvgIpc) is 2.69. The van der Waals surface area contributed by atoms with Crippen molar-refractivity contribution in [3.8, 4) is 0 Å². The van der Waals surface area contributed by atoms with Gasteiger partial charge in [0.15, 0.2) is 0 Å². The summed E-state index contributed by atoms with van der Waals surface area (Å²) in [7, 11) is -0.256. The Morgan fingerprint density at radius 3 is 2.69 bits per heavy atom. The minimum absolute atomic E-state index is 0.0571. The molecular formula is C9H19N3O3S. The third kappa shape index (κ3) is 3.73. The molecule has 1 atom stereocenters. The van der Waals surface area contributed by atoms with Crippen molar-refractivity contribution in [1.82, 2.24) is 14.9 Å². The van der Waals surface area contributed by atoms with Crippen LogP contribution in [0.2, 0.25) is 0 Å². The van der Waals surface area contributed by atoms with Crippen molar-refractivity contribution in [2.24, 2.45) is 0 Å². The van der Waals surface area contributed by atoms with Crippen LogP contribution in [0.25, 0.3) is 0 Å². The van der Waals surface area contributed by atoms with E-state index in [-0.39, 0.29) is 24.2 Å². The van der Waals surface area contributed by atoms with E-state index in [0.717, 1.165) is 23.7 Å². The van der Waals surface area contributed by atoms with Gasteiger partial charge in [-0.3, -0.25) is 4.79 Å². The van der Waals surface area contributed by atoms with Crippen LogP contribution >= 0.6 is 0 Å². The van der Waals surface area contributed by atoms with Crippen LogP contribution < -0.4 is 10.6 Å². The monoisotopic (exact) mass is 249 g/mol. The third-order valence-electron chi connectivity index (χ3n) is 2.59. The van der Waals surface area contributed by atoms with Crippen molar-refractivity contribution in [1.29, 1.82) is 0 Å². The summed E-state index contributed by atoms with van der Waals surface area (Å²) in [4.78, 5) is 11.5. The highest BCUT2D eigenvalue weighted by Gasteiger charge is 2.22. The number of hydrogen-bond donors (Lipinski definition) is 2. The molecule has 1 rings (SSSR count). The highest BCUT2D eigenvalue weighted by Crippen LogP contribution is 2.04. The maximum Gasteiger partial charge on any atom is 0.237 e. The summed E-state index contributed by atoms with van der Waals surface area (Å²) in [5, 5.41) is 5.68. The summed E-state index contributed by atoms with van der Waals surface area (Å²) < 4.78 is 23.9. The number of amides is 1. The molecule has 0 spiro atoms. The van der Waals surface area contributed by atoms with Crippen LogP contribution in [0.15, 0.2) is 0 Å². The Kier molecular flexibility index (Phi) is 4.69. The van der Waals surface area contributed by atoms with E-state index in [2.05, 4.69) is 10.6 Å². The fourth-order valence-electron chi connectivity index (χ4n) is 1.52. The Morgan fingerprint density at radius 1 is 1.50 bits per heavy atom. The summed E-state index contributed by atoms with van der Waals surface area (Å²) in [5.41, 5.74) is 0. The molecule has 6 nitrogen and oxygen atoms in total. The van der Waals surface area contributed by atoms with Crippen LogP contribution in [0, 0.1) is 0 Å². The summed E-state index contributed by atoms with van der Waals surface area (Å²) in [6.07, 6.45) is 1.82. The molecule has 0 aromatic heterocycles. The summed E-state index contributed by atoms with van der Waals surface area (Å²) in [6, 6.07) is -0.151. The van der Waals surface area contributed by atoms with Gasteiger partial charge in [-0.2, -0.15) is 0 Å². The standard InChI is InChI=1S/C9H19N3O3S/c1-12(2)16(14,15)7-6-11-9(13)8-4-3-5-10-8/h8,10H,3-7H2,1-2H3,(H,11,13)/t8-/m1/s1. The molecule has 1 aliphatic rings. The molecule has 0 aromatic carbocycles. The largest absolute Gasteiger partial charge is 0.354 e. The Bertz CT molecular complexity index is 334. The molecule has 0 radical (unpaired) electrons. The minimum atomic E-state index is -3.22. The Balaban J connectivity index is 2.27. The number of carbonyl (C=O) groups is 1. The molecule has 0 saturated carbocycles. The topological polar surface area (TPSA) is 78.5 Å². The van der Waals surface area contributed by atoms with Crippen molar-refractivity contribution in [3.05, 3.63) is 0 Å². The quantitative estimate of drug-likeness (QED) is 0.638. The number of nitrogens with zero attached hydrogens (tertiary/aromatic N) is 1.